The van der Waals surface area contributed by atoms with Crippen molar-refractivity contribution in [3.8, 4) is 5.75 Å². The Morgan fingerprint density at radius 1 is 1.45 bits per heavy atom. The highest BCUT2D eigenvalue weighted by atomic mass is 32.2. The molecule has 0 aliphatic carbocycles. The number of benzene rings is 1. The summed E-state index contributed by atoms with van der Waals surface area (Å²) < 4.78 is 12.7. The van der Waals surface area contributed by atoms with E-state index < -0.39 is 11.7 Å². The number of nitrogens with zero attached hydrogens (tertiary/aromatic N) is 1. The van der Waals surface area contributed by atoms with Crippen LogP contribution >= 0.6 is 12.2 Å². The molecule has 1 aromatic rings. The van der Waals surface area contributed by atoms with E-state index in [4.69, 9.17) is 8.92 Å². The summed E-state index contributed by atoms with van der Waals surface area (Å²) in [5.74, 6) is 0.801. The van der Waals surface area contributed by atoms with Gasteiger partial charge in [-0.3, -0.25) is 4.18 Å². The van der Waals surface area contributed by atoms with E-state index >= 15 is 0 Å². The van der Waals surface area contributed by atoms with Crippen LogP contribution in [0.4, 0.5) is 4.79 Å². The molecule has 1 amide bonds. The number of hydrogen-bond acceptors (Lipinski definition) is 4. The molecule has 0 radical (unpaired) electrons. The quantitative estimate of drug-likeness (QED) is 0.662. The van der Waals surface area contributed by atoms with Crippen LogP contribution in [0.1, 0.15) is 45.7 Å². The van der Waals surface area contributed by atoms with Gasteiger partial charge in [0.05, 0.1) is 12.1 Å². The Morgan fingerprint density at radius 2 is 2.14 bits per heavy atom. The van der Waals surface area contributed by atoms with Gasteiger partial charge in [-0.2, -0.15) is 0 Å². The van der Waals surface area contributed by atoms with Gasteiger partial charge in [-0.1, -0.05) is 18.2 Å². The number of carbonyl (C=O) groups is 1. The third-order valence-corrected chi connectivity index (χ3v) is 4.12. The highest BCUT2D eigenvalue weighted by Gasteiger charge is 2.32. The van der Waals surface area contributed by atoms with Gasteiger partial charge in [-0.05, 0) is 40.2 Å². The summed E-state index contributed by atoms with van der Waals surface area (Å²) in [4.78, 5) is 11.4. The molecule has 0 aromatic heterocycles. The van der Waals surface area contributed by atoms with E-state index in [0.29, 0.717) is 0 Å². The Labute approximate surface area is 135 Å². The van der Waals surface area contributed by atoms with Crippen LogP contribution < -0.4 is 4.74 Å². The lowest BCUT2D eigenvalue weighted by Gasteiger charge is -2.24. The maximum Gasteiger partial charge on any atom is 0.419 e. The van der Waals surface area contributed by atoms with Gasteiger partial charge in [0.15, 0.2) is 0 Å². The monoisotopic (exact) mass is 325 g/mol. The minimum Gasteiger partial charge on any atom is -0.487 e. The highest BCUT2D eigenvalue weighted by molar-refractivity contribution is 7.92. The topological polar surface area (TPSA) is 59.0 Å². The van der Waals surface area contributed by atoms with Crippen molar-refractivity contribution in [3.63, 3.8) is 0 Å². The first-order valence-electron chi connectivity index (χ1n) is 7.23. The van der Waals surface area contributed by atoms with Crippen LogP contribution in [0, 0.1) is 0 Å². The van der Waals surface area contributed by atoms with Crippen molar-refractivity contribution < 1.29 is 18.8 Å². The zero-order valence-corrected chi connectivity index (χ0v) is 14.5. The van der Waals surface area contributed by atoms with Gasteiger partial charge in [0, 0.05) is 12.0 Å². The lowest BCUT2D eigenvalue weighted by molar-refractivity contribution is 0.134. The Morgan fingerprint density at radius 3 is 2.73 bits per heavy atom. The predicted molar refractivity (Wildman–Crippen MR) is 86.8 cm³/mol. The van der Waals surface area contributed by atoms with E-state index in [-0.39, 0.29) is 12.1 Å². The van der Waals surface area contributed by atoms with Crippen LogP contribution in [0.3, 0.4) is 0 Å². The van der Waals surface area contributed by atoms with Crippen molar-refractivity contribution in [2.24, 2.45) is 0 Å². The first-order chi connectivity index (χ1) is 10.1. The average Bonchev–Trinajstić information content (AvgIpc) is 2.67. The first-order valence-corrected chi connectivity index (χ1v) is 7.93. The molecule has 0 saturated carbocycles. The van der Waals surface area contributed by atoms with E-state index in [1.54, 1.807) is 0 Å². The number of rotatable bonds is 4. The largest absolute Gasteiger partial charge is 0.487 e. The lowest BCUT2D eigenvalue weighted by Crippen LogP contribution is -2.27. The Kier molecular flexibility index (Phi) is 4.63. The fourth-order valence-corrected chi connectivity index (χ4v) is 2.81. The maximum atomic E-state index is 11.4. The van der Waals surface area contributed by atoms with Crippen LogP contribution in [0.25, 0.3) is 0 Å². The van der Waals surface area contributed by atoms with E-state index in [0.717, 1.165) is 35.5 Å². The molecule has 1 N–H and O–H groups in total. The number of hydrogen-bond donors (Lipinski definition) is 1. The smallest absolute Gasteiger partial charge is 0.419 e. The molecule has 2 rings (SSSR count). The first kappa shape index (κ1) is 17.0. The summed E-state index contributed by atoms with van der Waals surface area (Å²) in [5.41, 5.74) is 1.31. The van der Waals surface area contributed by atoms with Gasteiger partial charge in [0.1, 0.15) is 23.6 Å². The Balaban J connectivity index is 2.15. The van der Waals surface area contributed by atoms with Gasteiger partial charge in [-0.15, -0.1) is 0 Å². The van der Waals surface area contributed by atoms with Gasteiger partial charge in [-0.25, -0.2) is 9.10 Å². The van der Waals surface area contributed by atoms with Crippen molar-refractivity contribution in [2.75, 3.05) is 0 Å². The SMILES string of the molecule is CC(C)(C)OSN(Cc1cccc2c1OC(C)(C)C2)C(=O)O. The lowest BCUT2D eigenvalue weighted by atomic mass is 10.0. The standard InChI is InChI=1S/C16H23NO4S/c1-15(2,3)21-22-17(14(18)19)10-12-8-6-7-11-9-16(4,5)20-13(11)12/h6-8H,9-10H2,1-5H3,(H,18,19). The molecule has 1 aliphatic rings. The van der Waals surface area contributed by atoms with E-state index in [2.05, 4.69) is 0 Å². The third-order valence-electron chi connectivity index (χ3n) is 3.08. The molecule has 122 valence electrons. The average molecular weight is 325 g/mol. The molecule has 0 bridgehead atoms. The van der Waals surface area contributed by atoms with Crippen molar-refractivity contribution in [1.82, 2.24) is 4.31 Å². The van der Waals surface area contributed by atoms with E-state index in [1.165, 1.54) is 4.31 Å². The summed E-state index contributed by atoms with van der Waals surface area (Å²) >= 11 is 0.855. The molecule has 1 heterocycles. The maximum absolute atomic E-state index is 11.4. The third kappa shape index (κ3) is 4.30. The predicted octanol–water partition coefficient (Wildman–Crippen LogP) is 4.26. The van der Waals surface area contributed by atoms with Crippen LogP contribution in [-0.2, 0) is 17.1 Å². The van der Waals surface area contributed by atoms with Gasteiger partial charge >= 0.3 is 6.09 Å². The number of carboxylic acid groups (broad SMARTS) is 1. The normalized spacial score (nSPS) is 16.0. The molecular formula is C16H23NO4S. The summed E-state index contributed by atoms with van der Waals surface area (Å²) in [6.45, 7) is 9.92. The van der Waals surface area contributed by atoms with Crippen molar-refractivity contribution in [3.05, 3.63) is 29.3 Å². The Bertz CT molecular complexity index is 566. The molecule has 1 aromatic carbocycles. The molecule has 0 saturated heterocycles. The van der Waals surface area contributed by atoms with Crippen LogP contribution in [-0.4, -0.2) is 26.7 Å². The summed E-state index contributed by atoms with van der Waals surface area (Å²) in [7, 11) is 0. The molecule has 0 unspecified atom stereocenters. The molecule has 0 fully saturated rings. The van der Waals surface area contributed by atoms with Crippen molar-refractivity contribution >= 4 is 18.3 Å². The highest BCUT2D eigenvalue weighted by Crippen LogP contribution is 2.38. The number of fused-ring (bicyclic) bond motifs is 1. The fourth-order valence-electron chi connectivity index (χ4n) is 2.24. The minimum atomic E-state index is -1.04. The molecule has 22 heavy (non-hydrogen) atoms. The van der Waals surface area contributed by atoms with Gasteiger partial charge in [0.25, 0.3) is 0 Å². The second-order valence-electron chi connectivity index (χ2n) is 7.03. The van der Waals surface area contributed by atoms with Gasteiger partial charge < -0.3 is 9.84 Å². The molecule has 1 aliphatic heterocycles. The van der Waals surface area contributed by atoms with Crippen molar-refractivity contribution in [1.29, 1.82) is 0 Å². The van der Waals surface area contributed by atoms with Crippen LogP contribution in [0.2, 0.25) is 0 Å². The molecule has 6 heteroatoms. The zero-order valence-electron chi connectivity index (χ0n) is 13.7. The second-order valence-corrected chi connectivity index (χ2v) is 7.79. The summed E-state index contributed by atoms with van der Waals surface area (Å²) in [6, 6.07) is 5.86. The zero-order chi connectivity index (χ0) is 16.5. The van der Waals surface area contributed by atoms with E-state index in [9.17, 15) is 9.90 Å². The van der Waals surface area contributed by atoms with E-state index in [1.807, 2.05) is 52.8 Å². The molecule has 0 atom stereocenters. The molecule has 0 spiro atoms. The summed E-state index contributed by atoms with van der Waals surface area (Å²) in [6.07, 6.45) is -0.210. The van der Waals surface area contributed by atoms with Crippen LogP contribution in [0.15, 0.2) is 18.2 Å². The number of para-hydroxylation sites is 1. The second kappa shape index (κ2) is 6.01. The number of amides is 1. The number of ether oxygens (including phenoxy) is 1. The molecular weight excluding hydrogens is 302 g/mol. The summed E-state index contributed by atoms with van der Waals surface area (Å²) in [5, 5.41) is 9.37. The van der Waals surface area contributed by atoms with Crippen LogP contribution in [0.5, 0.6) is 5.75 Å². The van der Waals surface area contributed by atoms with Gasteiger partial charge in [0.2, 0.25) is 0 Å². The fraction of sp³-hybridized carbons (Fsp3) is 0.562. The molecule has 5 nitrogen and oxygen atoms in total. The van der Waals surface area contributed by atoms with Crippen molar-refractivity contribution in [2.45, 2.75) is 58.8 Å². The Hall–Kier alpha value is -1.40. The minimum absolute atomic E-state index is 0.218.